The second-order valence-corrected chi connectivity index (χ2v) is 10.8. The van der Waals surface area contributed by atoms with E-state index in [2.05, 4.69) is 24.1 Å². The van der Waals surface area contributed by atoms with Gasteiger partial charge in [0.1, 0.15) is 18.0 Å². The molecule has 42 heavy (non-hydrogen) atoms. The van der Waals surface area contributed by atoms with Crippen LogP contribution in [0.15, 0.2) is 36.5 Å². The van der Waals surface area contributed by atoms with Crippen LogP contribution in [-0.4, -0.2) is 61.6 Å². The minimum atomic E-state index is -1.00. The highest BCUT2D eigenvalue weighted by Crippen LogP contribution is 2.31. The van der Waals surface area contributed by atoms with E-state index in [0.29, 0.717) is 18.8 Å². The minimum Gasteiger partial charge on any atom is -0.493 e. The molecule has 1 saturated heterocycles. The van der Waals surface area contributed by atoms with Gasteiger partial charge in [-0.25, -0.2) is 14.2 Å². The molecule has 2 heterocycles. The van der Waals surface area contributed by atoms with Gasteiger partial charge in [0.2, 0.25) is 6.79 Å². The molecule has 1 aromatic heterocycles. The van der Waals surface area contributed by atoms with Crippen LogP contribution in [-0.2, 0) is 30.2 Å². The third-order valence-electron chi connectivity index (χ3n) is 7.19. The van der Waals surface area contributed by atoms with Crippen molar-refractivity contribution < 1.29 is 42.5 Å². The number of nitrogens with zero attached hydrogens (tertiary/aromatic N) is 1. The lowest BCUT2D eigenvalue weighted by Crippen LogP contribution is -2.44. The quantitative estimate of drug-likeness (QED) is 0.279. The van der Waals surface area contributed by atoms with Crippen molar-refractivity contribution in [2.45, 2.75) is 78.0 Å². The molecule has 10 nitrogen and oxygen atoms in total. The minimum absolute atomic E-state index is 0.0330. The highest BCUT2D eigenvalue weighted by Gasteiger charge is 2.35. The molecule has 11 heteroatoms. The summed E-state index contributed by atoms with van der Waals surface area (Å²) in [6.45, 7) is 7.12. The number of carbonyl (C=O) groups is 3. The predicted molar refractivity (Wildman–Crippen MR) is 151 cm³/mol. The lowest BCUT2D eigenvalue weighted by atomic mass is 9.86. The van der Waals surface area contributed by atoms with Gasteiger partial charge in [-0.15, -0.1) is 0 Å². The fourth-order valence-electron chi connectivity index (χ4n) is 4.86. The highest BCUT2D eigenvalue weighted by molar-refractivity contribution is 5.98. The number of ether oxygens (including phenoxy) is 5. The average molecular weight is 589 g/mol. The Morgan fingerprint density at radius 1 is 1.17 bits per heavy atom. The van der Waals surface area contributed by atoms with E-state index in [4.69, 9.17) is 23.7 Å². The van der Waals surface area contributed by atoms with Crippen LogP contribution in [0.5, 0.6) is 11.5 Å². The Morgan fingerprint density at radius 2 is 1.90 bits per heavy atom. The van der Waals surface area contributed by atoms with Crippen LogP contribution in [0, 0.1) is 17.7 Å². The van der Waals surface area contributed by atoms with Crippen LogP contribution in [0.1, 0.15) is 69.4 Å². The van der Waals surface area contributed by atoms with Crippen molar-refractivity contribution in [3.63, 3.8) is 0 Å². The van der Waals surface area contributed by atoms with Gasteiger partial charge < -0.3 is 29.0 Å². The number of nitrogens with one attached hydrogen (secondary N) is 1. The SMILES string of the molecule is COc1ccnc(C(=O)N[C@H]2CCO[C@H](CCc3ccc(F)cc3)[C@@H](CCC(C)C)[C@H](C)OC2=O)c1OCOC(C)=O. The number of amides is 1. The first-order valence-electron chi connectivity index (χ1n) is 14.3. The lowest BCUT2D eigenvalue weighted by molar-refractivity contribution is -0.154. The average Bonchev–Trinajstić information content (AvgIpc) is 2.99. The number of carbonyl (C=O) groups excluding carboxylic acids is 3. The molecule has 1 aliphatic heterocycles. The number of halogens is 1. The Kier molecular flexibility index (Phi) is 12.5. The summed E-state index contributed by atoms with van der Waals surface area (Å²) in [5.41, 5.74) is 0.852. The second-order valence-electron chi connectivity index (χ2n) is 10.8. The Balaban J connectivity index is 1.76. The summed E-state index contributed by atoms with van der Waals surface area (Å²) in [6, 6.07) is 6.90. The molecule has 2 aromatic rings. The van der Waals surface area contributed by atoms with E-state index in [-0.39, 0.29) is 48.1 Å². The first kappa shape index (κ1) is 32.8. The maximum atomic E-state index is 13.4. The van der Waals surface area contributed by atoms with Gasteiger partial charge in [-0.1, -0.05) is 32.4 Å². The Morgan fingerprint density at radius 3 is 2.57 bits per heavy atom. The molecule has 0 aliphatic carbocycles. The number of hydrogen-bond donors (Lipinski definition) is 1. The molecule has 1 aromatic carbocycles. The van der Waals surface area contributed by atoms with E-state index in [1.807, 2.05) is 6.92 Å². The number of pyridine rings is 1. The molecule has 1 fully saturated rings. The molecule has 0 bridgehead atoms. The van der Waals surface area contributed by atoms with E-state index in [9.17, 15) is 18.8 Å². The third-order valence-corrected chi connectivity index (χ3v) is 7.19. The van der Waals surface area contributed by atoms with E-state index < -0.39 is 36.8 Å². The lowest BCUT2D eigenvalue weighted by Gasteiger charge is -2.31. The first-order valence-corrected chi connectivity index (χ1v) is 14.3. The molecule has 4 atom stereocenters. The molecule has 1 aliphatic rings. The summed E-state index contributed by atoms with van der Waals surface area (Å²) in [6.07, 6.45) is 3.95. The van der Waals surface area contributed by atoms with Crippen molar-refractivity contribution in [2.24, 2.45) is 11.8 Å². The molecular weight excluding hydrogens is 547 g/mol. The van der Waals surface area contributed by atoms with Crippen molar-refractivity contribution in [2.75, 3.05) is 20.5 Å². The summed E-state index contributed by atoms with van der Waals surface area (Å²) in [4.78, 5) is 41.9. The first-order chi connectivity index (χ1) is 20.1. The van der Waals surface area contributed by atoms with Crippen molar-refractivity contribution in [3.05, 3.63) is 53.6 Å². The molecule has 3 rings (SSSR count). The van der Waals surface area contributed by atoms with Gasteiger partial charge in [0, 0.05) is 38.1 Å². The van der Waals surface area contributed by atoms with E-state index in [1.54, 1.807) is 12.1 Å². The van der Waals surface area contributed by atoms with Gasteiger partial charge in [0.15, 0.2) is 17.2 Å². The molecular formula is C31H41FN2O8. The monoisotopic (exact) mass is 588 g/mol. The molecule has 0 saturated carbocycles. The van der Waals surface area contributed by atoms with Crippen LogP contribution in [0.25, 0.3) is 0 Å². The van der Waals surface area contributed by atoms with Gasteiger partial charge in [-0.2, -0.15) is 0 Å². The number of hydrogen-bond acceptors (Lipinski definition) is 9. The molecule has 0 unspecified atom stereocenters. The number of methoxy groups -OCH3 is 1. The van der Waals surface area contributed by atoms with Gasteiger partial charge >= 0.3 is 11.9 Å². The van der Waals surface area contributed by atoms with E-state index in [1.165, 1.54) is 38.4 Å². The smallest absolute Gasteiger partial charge is 0.329 e. The maximum absolute atomic E-state index is 13.4. The fourth-order valence-corrected chi connectivity index (χ4v) is 4.86. The van der Waals surface area contributed by atoms with Crippen molar-refractivity contribution in [1.29, 1.82) is 0 Å². The number of aromatic nitrogens is 1. The Labute approximate surface area is 246 Å². The third kappa shape index (κ3) is 9.68. The van der Waals surface area contributed by atoms with Gasteiger partial charge in [0.25, 0.3) is 5.91 Å². The van der Waals surface area contributed by atoms with Crippen LogP contribution in [0.4, 0.5) is 4.39 Å². The number of benzene rings is 1. The number of rotatable bonds is 12. The fraction of sp³-hybridized carbons (Fsp3) is 0.548. The van der Waals surface area contributed by atoms with Crippen LogP contribution >= 0.6 is 0 Å². The van der Waals surface area contributed by atoms with Gasteiger partial charge in [-0.3, -0.25) is 9.59 Å². The normalized spacial score (nSPS) is 21.0. The van der Waals surface area contributed by atoms with Crippen molar-refractivity contribution in [3.8, 4) is 11.5 Å². The van der Waals surface area contributed by atoms with Gasteiger partial charge in [0.05, 0.1) is 13.2 Å². The van der Waals surface area contributed by atoms with Crippen molar-refractivity contribution in [1.82, 2.24) is 10.3 Å². The summed E-state index contributed by atoms with van der Waals surface area (Å²) in [7, 11) is 1.40. The zero-order valence-corrected chi connectivity index (χ0v) is 24.9. The molecule has 0 spiro atoms. The number of esters is 2. The summed E-state index contributed by atoms with van der Waals surface area (Å²) in [5.74, 6) is -1.54. The number of cyclic esters (lactones) is 1. The molecule has 230 valence electrons. The van der Waals surface area contributed by atoms with Crippen LogP contribution in [0.2, 0.25) is 0 Å². The van der Waals surface area contributed by atoms with E-state index >= 15 is 0 Å². The summed E-state index contributed by atoms with van der Waals surface area (Å²) < 4.78 is 41.3. The van der Waals surface area contributed by atoms with Crippen LogP contribution < -0.4 is 14.8 Å². The Hall–Kier alpha value is -3.73. The largest absolute Gasteiger partial charge is 0.493 e. The zero-order valence-electron chi connectivity index (χ0n) is 24.9. The summed E-state index contributed by atoms with van der Waals surface area (Å²) in [5, 5.41) is 2.70. The molecule has 1 amide bonds. The topological polar surface area (TPSA) is 122 Å². The predicted octanol–water partition coefficient (Wildman–Crippen LogP) is 4.63. The number of aryl methyl sites for hydroxylation is 1. The molecule has 0 radical (unpaired) electrons. The standard InChI is InChI=1S/C31H41FN2O8/c1-19(2)6-12-24-20(3)42-31(37)25(15-17-39-26(24)13-9-22-7-10-23(32)11-8-22)34-30(36)28-29(41-18-40-21(4)35)27(38-5)14-16-33-28/h7-8,10-11,14,16,19-20,24-26H,6,9,12-13,15,17-18H2,1-5H3,(H,34,36)/t20-,24-,25-,26+/m0/s1. The highest BCUT2D eigenvalue weighted by atomic mass is 19.1. The van der Waals surface area contributed by atoms with E-state index in [0.717, 1.165) is 18.4 Å². The summed E-state index contributed by atoms with van der Waals surface area (Å²) >= 11 is 0. The second kappa shape index (κ2) is 16.1. The van der Waals surface area contributed by atoms with Crippen molar-refractivity contribution >= 4 is 17.8 Å². The maximum Gasteiger partial charge on any atom is 0.329 e. The molecule has 1 N–H and O–H groups in total. The van der Waals surface area contributed by atoms with Gasteiger partial charge in [-0.05, 0) is 49.8 Å². The van der Waals surface area contributed by atoms with Crippen LogP contribution in [0.3, 0.4) is 0 Å². The zero-order chi connectivity index (χ0) is 30.6. The Bertz CT molecular complexity index is 1190.